The number of hydrogen-bond donors (Lipinski definition) is 1. The van der Waals surface area contributed by atoms with Crippen LogP contribution < -0.4 is 5.32 Å². The van der Waals surface area contributed by atoms with E-state index in [0.29, 0.717) is 5.56 Å². The fourth-order valence-corrected chi connectivity index (χ4v) is 4.54. The molecule has 1 amide bonds. The zero-order valence-electron chi connectivity index (χ0n) is 23.7. The molecule has 0 aliphatic heterocycles. The average molecular weight is 522 g/mol. The first-order chi connectivity index (χ1) is 18.9. The first kappa shape index (κ1) is 28.0. The zero-order chi connectivity index (χ0) is 27.8. The van der Waals surface area contributed by atoms with Gasteiger partial charge in [-0.15, -0.1) is 0 Å². The van der Waals surface area contributed by atoms with Gasteiger partial charge in [0.05, 0.1) is 6.20 Å². The van der Waals surface area contributed by atoms with E-state index in [1.807, 2.05) is 53.4 Å². The van der Waals surface area contributed by atoms with E-state index in [1.54, 1.807) is 19.0 Å². The van der Waals surface area contributed by atoms with Crippen molar-refractivity contribution in [1.82, 2.24) is 24.8 Å². The van der Waals surface area contributed by atoms with E-state index in [2.05, 4.69) is 61.5 Å². The maximum absolute atomic E-state index is 12.7. The number of unbranched alkanes of at least 4 members (excludes halogenated alkanes) is 1. The number of nitrogens with zero attached hydrogens (tertiary/aromatic N) is 4. The van der Waals surface area contributed by atoms with Gasteiger partial charge in [-0.3, -0.25) is 4.79 Å². The van der Waals surface area contributed by atoms with Crippen molar-refractivity contribution in [3.63, 3.8) is 0 Å². The maximum Gasteiger partial charge on any atom is 0.253 e. The highest BCUT2D eigenvalue weighted by Crippen LogP contribution is 2.33. The van der Waals surface area contributed by atoms with Crippen LogP contribution in [0.1, 0.15) is 49.0 Å². The Bertz CT molecular complexity index is 1530. The number of benzene rings is 3. The lowest BCUT2D eigenvalue weighted by Gasteiger charge is -2.14. The lowest BCUT2D eigenvalue weighted by atomic mass is 9.96. The van der Waals surface area contributed by atoms with Gasteiger partial charge in [0.1, 0.15) is 0 Å². The molecule has 39 heavy (non-hydrogen) atoms. The Hall–Kier alpha value is -4.03. The first-order valence-electron chi connectivity index (χ1n) is 13.8. The quantitative estimate of drug-likeness (QED) is 0.223. The largest absolute Gasteiger partial charge is 0.345 e. The summed E-state index contributed by atoms with van der Waals surface area (Å²) in [5.41, 5.74) is 6.77. The Labute approximate surface area is 231 Å². The van der Waals surface area contributed by atoms with Gasteiger partial charge in [-0.05, 0) is 60.8 Å². The predicted molar refractivity (Wildman–Crippen MR) is 162 cm³/mol. The van der Waals surface area contributed by atoms with E-state index in [4.69, 9.17) is 4.98 Å². The molecule has 3 aromatic carbocycles. The van der Waals surface area contributed by atoms with Crippen LogP contribution in [0.25, 0.3) is 38.7 Å². The van der Waals surface area contributed by atoms with Gasteiger partial charge in [-0.1, -0.05) is 80.4 Å². The molecule has 0 aliphatic rings. The standard InChI is InChI=1S/C26H22N4O.C7H17N/c1-17-10-12-18(13-11-17)19-14-27-25-24(15-28-30(25)16-19)22-8-4-7-21-20(22)6-5-9-23(21)26(31)29(2)3;1-3-5-7-8-6-4-2/h4-16H,1-3H3;8H,3-7H2,1-2H3. The third-order valence-corrected chi connectivity index (χ3v) is 6.72. The molecule has 5 aromatic rings. The van der Waals surface area contributed by atoms with Gasteiger partial charge in [0, 0.05) is 43.2 Å². The van der Waals surface area contributed by atoms with Crippen LogP contribution in [-0.2, 0) is 0 Å². The number of hydrogen-bond acceptors (Lipinski definition) is 4. The van der Waals surface area contributed by atoms with E-state index in [-0.39, 0.29) is 5.91 Å². The van der Waals surface area contributed by atoms with Crippen molar-refractivity contribution in [2.45, 2.75) is 40.0 Å². The summed E-state index contributed by atoms with van der Waals surface area (Å²) >= 11 is 0. The van der Waals surface area contributed by atoms with Gasteiger partial charge < -0.3 is 10.2 Å². The third kappa shape index (κ3) is 6.52. The van der Waals surface area contributed by atoms with Gasteiger partial charge in [-0.2, -0.15) is 5.10 Å². The van der Waals surface area contributed by atoms with Gasteiger partial charge in [0.15, 0.2) is 5.65 Å². The van der Waals surface area contributed by atoms with Crippen LogP contribution in [0.5, 0.6) is 0 Å². The summed E-state index contributed by atoms with van der Waals surface area (Å²) in [6.45, 7) is 8.86. The van der Waals surface area contributed by atoms with E-state index in [9.17, 15) is 4.79 Å². The molecule has 6 nitrogen and oxygen atoms in total. The monoisotopic (exact) mass is 521 g/mol. The van der Waals surface area contributed by atoms with Crippen molar-refractivity contribution in [3.8, 4) is 22.3 Å². The molecule has 202 valence electrons. The first-order valence-corrected chi connectivity index (χ1v) is 13.8. The Morgan fingerprint density at radius 2 is 1.59 bits per heavy atom. The van der Waals surface area contributed by atoms with Gasteiger partial charge in [0.2, 0.25) is 0 Å². The lowest BCUT2D eigenvalue weighted by Crippen LogP contribution is -2.21. The van der Waals surface area contributed by atoms with E-state index >= 15 is 0 Å². The molecule has 0 saturated heterocycles. The van der Waals surface area contributed by atoms with Crippen LogP contribution in [0.2, 0.25) is 0 Å². The number of amides is 1. The molecule has 6 heteroatoms. The van der Waals surface area contributed by atoms with Crippen molar-refractivity contribution in [1.29, 1.82) is 0 Å². The Morgan fingerprint density at radius 3 is 2.31 bits per heavy atom. The molecular weight excluding hydrogens is 482 g/mol. The molecule has 0 atom stereocenters. The highest BCUT2D eigenvalue weighted by molar-refractivity contribution is 6.11. The molecular formula is C33H39N5O. The lowest BCUT2D eigenvalue weighted by molar-refractivity contribution is 0.0829. The van der Waals surface area contributed by atoms with Crippen molar-refractivity contribution in [3.05, 3.63) is 90.4 Å². The fraction of sp³-hybridized carbons (Fsp3) is 0.303. The minimum atomic E-state index is -0.0107. The molecule has 2 aromatic heterocycles. The number of aryl methyl sites for hydroxylation is 1. The van der Waals surface area contributed by atoms with Crippen LogP contribution in [0.3, 0.4) is 0 Å². The average Bonchev–Trinajstić information content (AvgIpc) is 3.38. The van der Waals surface area contributed by atoms with Crippen LogP contribution in [0, 0.1) is 6.92 Å². The second-order valence-corrected chi connectivity index (χ2v) is 10.0. The van der Waals surface area contributed by atoms with Crippen molar-refractivity contribution in [2.75, 3.05) is 27.2 Å². The fourth-order valence-electron chi connectivity index (χ4n) is 4.54. The van der Waals surface area contributed by atoms with Crippen LogP contribution in [0.15, 0.2) is 79.3 Å². The van der Waals surface area contributed by atoms with Gasteiger partial charge >= 0.3 is 0 Å². The molecule has 0 saturated carbocycles. The predicted octanol–water partition coefficient (Wildman–Crippen LogP) is 7.01. The summed E-state index contributed by atoms with van der Waals surface area (Å²) in [4.78, 5) is 19.0. The smallest absolute Gasteiger partial charge is 0.253 e. The number of carbonyl (C=O) groups excluding carboxylic acids is 1. The SMILES string of the molecule is CCCCNCCC.Cc1ccc(-c2cnc3c(-c4cccc5c(C(=O)N(C)C)cccc45)cnn3c2)cc1. The highest BCUT2D eigenvalue weighted by Gasteiger charge is 2.16. The summed E-state index contributed by atoms with van der Waals surface area (Å²) in [6.07, 6.45) is 9.61. The summed E-state index contributed by atoms with van der Waals surface area (Å²) in [5, 5.41) is 9.84. The summed E-state index contributed by atoms with van der Waals surface area (Å²) in [7, 11) is 3.54. The van der Waals surface area contributed by atoms with Crippen LogP contribution in [-0.4, -0.2) is 52.6 Å². The van der Waals surface area contributed by atoms with Crippen LogP contribution >= 0.6 is 0 Å². The number of fused-ring (bicyclic) bond motifs is 2. The molecule has 5 rings (SSSR count). The zero-order valence-corrected chi connectivity index (χ0v) is 23.7. The maximum atomic E-state index is 12.7. The number of aromatic nitrogens is 3. The minimum Gasteiger partial charge on any atom is -0.345 e. The number of rotatable bonds is 8. The molecule has 0 aliphatic carbocycles. The van der Waals surface area contributed by atoms with Crippen molar-refractivity contribution < 1.29 is 4.79 Å². The van der Waals surface area contributed by atoms with Gasteiger partial charge in [-0.25, -0.2) is 9.50 Å². The van der Waals surface area contributed by atoms with Gasteiger partial charge in [0.25, 0.3) is 5.91 Å². The molecule has 0 bridgehead atoms. The Balaban J connectivity index is 0.000000386. The highest BCUT2D eigenvalue weighted by atomic mass is 16.2. The van der Waals surface area contributed by atoms with E-state index in [1.165, 1.54) is 37.9 Å². The normalized spacial score (nSPS) is 10.9. The van der Waals surface area contributed by atoms with E-state index in [0.717, 1.165) is 38.7 Å². The minimum absolute atomic E-state index is 0.0107. The van der Waals surface area contributed by atoms with Crippen molar-refractivity contribution >= 4 is 22.3 Å². The molecule has 0 radical (unpaired) electrons. The van der Waals surface area contributed by atoms with Crippen molar-refractivity contribution in [2.24, 2.45) is 0 Å². The number of carbonyl (C=O) groups is 1. The second-order valence-electron chi connectivity index (χ2n) is 10.0. The molecule has 0 unspecified atom stereocenters. The summed E-state index contributed by atoms with van der Waals surface area (Å²) < 4.78 is 1.82. The summed E-state index contributed by atoms with van der Waals surface area (Å²) in [6, 6.07) is 20.2. The second kappa shape index (κ2) is 13.2. The topological polar surface area (TPSA) is 62.5 Å². The van der Waals surface area contributed by atoms with E-state index < -0.39 is 0 Å². The Kier molecular flexibility index (Phi) is 9.45. The summed E-state index contributed by atoms with van der Waals surface area (Å²) in [5.74, 6) is -0.0107. The molecule has 0 spiro atoms. The third-order valence-electron chi connectivity index (χ3n) is 6.72. The molecule has 2 heterocycles. The Morgan fingerprint density at radius 1 is 0.846 bits per heavy atom. The van der Waals surface area contributed by atoms with Crippen LogP contribution in [0.4, 0.5) is 0 Å². The molecule has 0 fully saturated rings. The molecule has 1 N–H and O–H groups in total. The number of nitrogens with one attached hydrogen (secondary N) is 1.